The van der Waals surface area contributed by atoms with Gasteiger partial charge in [0, 0.05) is 48.8 Å². The summed E-state index contributed by atoms with van der Waals surface area (Å²) in [4.78, 5) is 30.5. The number of imidazole rings is 1. The monoisotopic (exact) mass is 521 g/mol. The van der Waals surface area contributed by atoms with E-state index in [2.05, 4.69) is 25.3 Å². The van der Waals surface area contributed by atoms with Crippen molar-refractivity contribution in [2.75, 3.05) is 18.4 Å². The average Bonchev–Trinajstić information content (AvgIpc) is 3.22. The number of aliphatic hydroxyl groups excluding tert-OH is 1. The van der Waals surface area contributed by atoms with Gasteiger partial charge in [0.25, 0.3) is 0 Å². The Kier molecular flexibility index (Phi) is 6.89. The SMILES string of the molecule is Cc1nc(Nc2ncc(F)c(-c3cc(F)c4nc(C)n(C(C)C)c4c3)n2)ccc1C(O)N1CCC(=O)CC1. The predicted octanol–water partition coefficient (Wildman–Crippen LogP) is 4.76. The topological polar surface area (TPSA) is 109 Å². The van der Waals surface area contributed by atoms with Crippen LogP contribution in [-0.2, 0) is 4.79 Å². The summed E-state index contributed by atoms with van der Waals surface area (Å²) in [6.07, 6.45) is 0.999. The number of piperidine rings is 1. The number of hydrogen-bond acceptors (Lipinski definition) is 8. The Balaban J connectivity index is 1.42. The standard InChI is InChI=1S/C27H29F2N7O2/c1-14(2)36-16(4)32-25-20(28)11-17(12-22(25)36)24-21(29)13-30-27(34-24)33-23-6-5-19(15(3)31-23)26(38)35-9-7-18(37)8-10-35/h5-6,11-14,26,38H,7-10H2,1-4H3,(H,30,31,33,34). The first-order valence-corrected chi connectivity index (χ1v) is 12.5. The molecule has 198 valence electrons. The van der Waals surface area contributed by atoms with Crippen LogP contribution in [0.2, 0.25) is 0 Å². The lowest BCUT2D eigenvalue weighted by Gasteiger charge is -2.31. The van der Waals surface area contributed by atoms with E-state index >= 15 is 0 Å². The number of aliphatic hydroxyl groups is 1. The molecule has 4 aromatic rings. The Morgan fingerprint density at radius 1 is 1.03 bits per heavy atom. The molecule has 3 aromatic heterocycles. The number of Topliss-reactive ketones (excluding diaryl/α,β-unsaturated/α-hetero) is 1. The summed E-state index contributed by atoms with van der Waals surface area (Å²) < 4.78 is 31.7. The summed E-state index contributed by atoms with van der Waals surface area (Å²) in [6.45, 7) is 8.51. The van der Waals surface area contributed by atoms with Gasteiger partial charge in [-0.2, -0.15) is 0 Å². The number of benzene rings is 1. The maximum Gasteiger partial charge on any atom is 0.229 e. The number of carbonyl (C=O) groups excluding carboxylic acids is 1. The van der Waals surface area contributed by atoms with Crippen LogP contribution in [0.3, 0.4) is 0 Å². The van der Waals surface area contributed by atoms with E-state index < -0.39 is 17.9 Å². The van der Waals surface area contributed by atoms with Crippen molar-refractivity contribution in [1.82, 2.24) is 29.4 Å². The minimum atomic E-state index is -0.869. The van der Waals surface area contributed by atoms with Crippen molar-refractivity contribution in [2.45, 2.75) is 52.8 Å². The molecule has 1 fully saturated rings. The molecule has 9 nitrogen and oxygen atoms in total. The van der Waals surface area contributed by atoms with Gasteiger partial charge in [-0.3, -0.25) is 9.69 Å². The molecule has 5 rings (SSSR count). The fourth-order valence-electron chi connectivity index (χ4n) is 4.93. The molecule has 0 amide bonds. The zero-order valence-corrected chi connectivity index (χ0v) is 21.7. The summed E-state index contributed by atoms with van der Waals surface area (Å²) in [5, 5.41) is 13.8. The van der Waals surface area contributed by atoms with E-state index in [-0.39, 0.29) is 34.5 Å². The van der Waals surface area contributed by atoms with Crippen molar-refractivity contribution in [2.24, 2.45) is 0 Å². The number of aromatic nitrogens is 5. The van der Waals surface area contributed by atoms with Gasteiger partial charge in [-0.1, -0.05) is 0 Å². The second-order valence-corrected chi connectivity index (χ2v) is 9.78. The van der Waals surface area contributed by atoms with Crippen LogP contribution in [-0.4, -0.2) is 53.4 Å². The minimum absolute atomic E-state index is 0.0373. The summed E-state index contributed by atoms with van der Waals surface area (Å²) in [7, 11) is 0. The van der Waals surface area contributed by atoms with Crippen LogP contribution in [0.1, 0.15) is 56.0 Å². The number of hydrogen-bond donors (Lipinski definition) is 2. The maximum absolute atomic E-state index is 15.0. The molecule has 1 aliphatic rings. The van der Waals surface area contributed by atoms with E-state index in [4.69, 9.17) is 0 Å². The third kappa shape index (κ3) is 4.86. The van der Waals surface area contributed by atoms with Gasteiger partial charge < -0.3 is 15.0 Å². The quantitative estimate of drug-likeness (QED) is 0.374. The largest absolute Gasteiger partial charge is 0.374 e. The molecule has 2 N–H and O–H groups in total. The number of nitrogens with zero attached hydrogens (tertiary/aromatic N) is 6. The molecule has 11 heteroatoms. The number of aryl methyl sites for hydroxylation is 2. The van der Waals surface area contributed by atoms with Gasteiger partial charge in [-0.25, -0.2) is 28.7 Å². The summed E-state index contributed by atoms with van der Waals surface area (Å²) in [5.41, 5.74) is 2.22. The van der Waals surface area contributed by atoms with Crippen LogP contribution >= 0.6 is 0 Å². The van der Waals surface area contributed by atoms with Gasteiger partial charge in [0.05, 0.1) is 11.7 Å². The molecule has 4 heterocycles. The molecule has 0 spiro atoms. The second-order valence-electron chi connectivity index (χ2n) is 9.78. The number of likely N-dealkylation sites (tertiary alicyclic amines) is 1. The average molecular weight is 522 g/mol. The van der Waals surface area contributed by atoms with E-state index in [1.54, 1.807) is 32.0 Å². The van der Waals surface area contributed by atoms with Crippen LogP contribution in [0.25, 0.3) is 22.3 Å². The van der Waals surface area contributed by atoms with Crippen LogP contribution in [0.5, 0.6) is 0 Å². The molecule has 1 saturated heterocycles. The lowest BCUT2D eigenvalue weighted by molar-refractivity contribution is -0.124. The molecule has 0 radical (unpaired) electrons. The van der Waals surface area contributed by atoms with Gasteiger partial charge in [0.2, 0.25) is 5.95 Å². The van der Waals surface area contributed by atoms with Gasteiger partial charge >= 0.3 is 0 Å². The Labute approximate surface area is 218 Å². The lowest BCUT2D eigenvalue weighted by Crippen LogP contribution is -2.37. The molecule has 0 aliphatic carbocycles. The molecule has 1 aromatic carbocycles. The van der Waals surface area contributed by atoms with Gasteiger partial charge in [-0.15, -0.1) is 0 Å². The van der Waals surface area contributed by atoms with Crippen LogP contribution in [0.15, 0.2) is 30.5 Å². The van der Waals surface area contributed by atoms with Crippen molar-refractivity contribution >= 4 is 28.6 Å². The van der Waals surface area contributed by atoms with E-state index in [1.807, 2.05) is 23.3 Å². The highest BCUT2D eigenvalue weighted by atomic mass is 19.1. The smallest absolute Gasteiger partial charge is 0.229 e. The Morgan fingerprint density at radius 3 is 2.45 bits per heavy atom. The Hall–Kier alpha value is -3.83. The zero-order valence-electron chi connectivity index (χ0n) is 21.7. The molecule has 1 unspecified atom stereocenters. The number of ketones is 1. The van der Waals surface area contributed by atoms with Gasteiger partial charge in [0.15, 0.2) is 11.6 Å². The van der Waals surface area contributed by atoms with Crippen molar-refractivity contribution in [3.05, 3.63) is 59.2 Å². The highest BCUT2D eigenvalue weighted by molar-refractivity contribution is 5.83. The molecule has 1 aliphatic heterocycles. The predicted molar refractivity (Wildman–Crippen MR) is 139 cm³/mol. The summed E-state index contributed by atoms with van der Waals surface area (Å²) >= 11 is 0. The lowest BCUT2D eigenvalue weighted by atomic mass is 10.1. The highest BCUT2D eigenvalue weighted by Crippen LogP contribution is 2.31. The van der Waals surface area contributed by atoms with Crippen molar-refractivity contribution < 1.29 is 18.7 Å². The third-order valence-electron chi connectivity index (χ3n) is 6.81. The van der Waals surface area contributed by atoms with E-state index in [0.29, 0.717) is 54.3 Å². The fraction of sp³-hybridized carbons (Fsp3) is 0.370. The van der Waals surface area contributed by atoms with E-state index in [1.165, 1.54) is 6.07 Å². The van der Waals surface area contributed by atoms with E-state index in [0.717, 1.165) is 6.20 Å². The zero-order chi connectivity index (χ0) is 27.1. The number of fused-ring (bicyclic) bond motifs is 1. The van der Waals surface area contributed by atoms with Crippen LogP contribution in [0, 0.1) is 25.5 Å². The molecule has 38 heavy (non-hydrogen) atoms. The van der Waals surface area contributed by atoms with Crippen molar-refractivity contribution in [3.63, 3.8) is 0 Å². The molecule has 1 atom stereocenters. The Morgan fingerprint density at radius 2 is 1.76 bits per heavy atom. The molecule has 0 bridgehead atoms. The summed E-state index contributed by atoms with van der Waals surface area (Å²) in [5.74, 6) is 0.108. The van der Waals surface area contributed by atoms with Crippen molar-refractivity contribution in [1.29, 1.82) is 0 Å². The maximum atomic E-state index is 15.0. The van der Waals surface area contributed by atoms with Crippen LogP contribution < -0.4 is 5.32 Å². The Bertz CT molecular complexity index is 1530. The fourth-order valence-corrected chi connectivity index (χ4v) is 4.93. The van der Waals surface area contributed by atoms with Crippen LogP contribution in [0.4, 0.5) is 20.5 Å². The molecular formula is C27H29F2N7O2. The van der Waals surface area contributed by atoms with Crippen molar-refractivity contribution in [3.8, 4) is 11.3 Å². The number of rotatable bonds is 6. The molecule has 0 saturated carbocycles. The summed E-state index contributed by atoms with van der Waals surface area (Å²) in [6, 6.07) is 6.36. The van der Waals surface area contributed by atoms with Gasteiger partial charge in [-0.05, 0) is 52.0 Å². The minimum Gasteiger partial charge on any atom is -0.374 e. The normalized spacial score (nSPS) is 15.4. The number of carbonyl (C=O) groups is 1. The number of anilines is 2. The first kappa shape index (κ1) is 25.8. The number of nitrogens with one attached hydrogen (secondary N) is 1. The first-order valence-electron chi connectivity index (χ1n) is 12.5. The highest BCUT2D eigenvalue weighted by Gasteiger charge is 2.25. The molecular weight excluding hydrogens is 492 g/mol. The number of halogens is 2. The first-order chi connectivity index (χ1) is 18.1. The second kappa shape index (κ2) is 10.1. The third-order valence-corrected chi connectivity index (χ3v) is 6.81. The number of pyridine rings is 1. The van der Waals surface area contributed by atoms with Gasteiger partial charge in [0.1, 0.15) is 34.9 Å². The van der Waals surface area contributed by atoms with E-state index in [9.17, 15) is 18.7 Å².